The molecule has 0 bridgehead atoms. The fraction of sp³-hybridized carbons (Fsp3) is 0.381. The van der Waals surface area contributed by atoms with Crippen LogP contribution in [-0.4, -0.2) is 28.5 Å². The molecule has 0 saturated heterocycles. The first-order chi connectivity index (χ1) is 11.8. The molecule has 0 radical (unpaired) electrons. The van der Waals surface area contributed by atoms with Crippen LogP contribution in [0.1, 0.15) is 44.2 Å². The normalized spacial score (nSPS) is 12.5. The molecule has 134 valence electrons. The van der Waals surface area contributed by atoms with Gasteiger partial charge in [0.25, 0.3) is 0 Å². The predicted octanol–water partition coefficient (Wildman–Crippen LogP) is 5.03. The van der Waals surface area contributed by atoms with Gasteiger partial charge in [0.15, 0.2) is 0 Å². The molecule has 1 N–H and O–H groups in total. The number of carbonyl (C=O) groups excluding carboxylic acids is 1. The molecular formula is C21H27NO3. The van der Waals surface area contributed by atoms with Crippen molar-refractivity contribution in [3.8, 4) is 0 Å². The Morgan fingerprint density at radius 1 is 1.04 bits per heavy atom. The van der Waals surface area contributed by atoms with Crippen molar-refractivity contribution in [3.05, 3.63) is 71.8 Å². The van der Waals surface area contributed by atoms with Crippen LogP contribution in [0.2, 0.25) is 0 Å². The zero-order valence-electron chi connectivity index (χ0n) is 15.2. The van der Waals surface area contributed by atoms with Crippen LogP contribution in [0.5, 0.6) is 0 Å². The van der Waals surface area contributed by atoms with Crippen LogP contribution in [-0.2, 0) is 11.2 Å². The van der Waals surface area contributed by atoms with E-state index in [1.165, 1.54) is 11.1 Å². The highest BCUT2D eigenvalue weighted by molar-refractivity contribution is 5.66. The summed E-state index contributed by atoms with van der Waals surface area (Å²) >= 11 is 0. The molecule has 2 aromatic rings. The van der Waals surface area contributed by atoms with Crippen molar-refractivity contribution in [1.29, 1.82) is 0 Å². The third-order valence-corrected chi connectivity index (χ3v) is 3.89. The molecule has 0 aliphatic rings. The Balaban J connectivity index is 2.02. The minimum absolute atomic E-state index is 0.209. The third kappa shape index (κ3) is 6.59. The Kier molecular flexibility index (Phi) is 6.59. The lowest BCUT2D eigenvalue weighted by Crippen LogP contribution is -2.35. The summed E-state index contributed by atoms with van der Waals surface area (Å²) < 4.78 is 5.19. The lowest BCUT2D eigenvalue weighted by atomic mass is 9.89. The van der Waals surface area contributed by atoms with Crippen molar-refractivity contribution in [3.63, 3.8) is 0 Å². The van der Waals surface area contributed by atoms with Gasteiger partial charge in [-0.05, 0) is 50.7 Å². The molecule has 1 amide bonds. The first-order valence-corrected chi connectivity index (χ1v) is 8.63. The predicted molar refractivity (Wildman–Crippen MR) is 98.7 cm³/mol. The van der Waals surface area contributed by atoms with Gasteiger partial charge in [-0.25, -0.2) is 4.79 Å². The summed E-state index contributed by atoms with van der Waals surface area (Å²) in [7, 11) is 0. The van der Waals surface area contributed by atoms with E-state index in [0.29, 0.717) is 11.5 Å². The van der Waals surface area contributed by atoms with Crippen LogP contribution in [0.3, 0.4) is 0 Å². The fourth-order valence-corrected chi connectivity index (χ4v) is 2.69. The van der Waals surface area contributed by atoms with Gasteiger partial charge in [0.05, 0.1) is 6.54 Å². The average molecular weight is 341 g/mol. The maximum Gasteiger partial charge on any atom is 0.434 e. The quantitative estimate of drug-likeness (QED) is 0.592. The van der Waals surface area contributed by atoms with Crippen molar-refractivity contribution in [2.24, 2.45) is 0 Å². The number of benzene rings is 2. The Hall–Kier alpha value is -2.33. The van der Waals surface area contributed by atoms with E-state index < -0.39 is 11.7 Å². The average Bonchev–Trinajstić information content (AvgIpc) is 2.58. The van der Waals surface area contributed by atoms with Crippen LogP contribution in [0.25, 0.3) is 0 Å². The molecule has 25 heavy (non-hydrogen) atoms. The van der Waals surface area contributed by atoms with Gasteiger partial charge in [-0.2, -0.15) is 5.06 Å². The van der Waals surface area contributed by atoms with Crippen LogP contribution in [0.4, 0.5) is 4.79 Å². The van der Waals surface area contributed by atoms with Crippen molar-refractivity contribution in [1.82, 2.24) is 5.06 Å². The highest BCUT2D eigenvalue weighted by atomic mass is 16.6. The maximum absolute atomic E-state index is 11.9. The summed E-state index contributed by atoms with van der Waals surface area (Å²) in [6.07, 6.45) is 0.792. The van der Waals surface area contributed by atoms with E-state index in [-0.39, 0.29) is 12.5 Å². The second-order valence-corrected chi connectivity index (χ2v) is 7.19. The number of hydroxylamine groups is 2. The second kappa shape index (κ2) is 8.67. The molecule has 1 atom stereocenters. The highest BCUT2D eigenvalue weighted by Gasteiger charge is 2.22. The first-order valence-electron chi connectivity index (χ1n) is 8.63. The molecule has 4 nitrogen and oxygen atoms in total. The molecule has 2 aromatic carbocycles. The van der Waals surface area contributed by atoms with E-state index in [0.717, 1.165) is 6.42 Å². The minimum Gasteiger partial charge on any atom is -0.442 e. The van der Waals surface area contributed by atoms with Gasteiger partial charge in [-0.1, -0.05) is 60.7 Å². The van der Waals surface area contributed by atoms with Crippen LogP contribution < -0.4 is 0 Å². The molecule has 2 rings (SSSR count). The first kappa shape index (κ1) is 19.0. The number of rotatable bonds is 6. The van der Waals surface area contributed by atoms with E-state index in [4.69, 9.17) is 4.74 Å². The number of hydrogen-bond acceptors (Lipinski definition) is 3. The number of ether oxygens (including phenoxy) is 1. The van der Waals surface area contributed by atoms with E-state index in [1.54, 1.807) is 20.8 Å². The summed E-state index contributed by atoms with van der Waals surface area (Å²) in [5.74, 6) is 0.209. The Morgan fingerprint density at radius 2 is 1.60 bits per heavy atom. The summed E-state index contributed by atoms with van der Waals surface area (Å²) in [4.78, 5) is 11.9. The zero-order valence-corrected chi connectivity index (χ0v) is 15.2. The summed E-state index contributed by atoms with van der Waals surface area (Å²) in [5.41, 5.74) is 1.81. The van der Waals surface area contributed by atoms with E-state index in [1.807, 2.05) is 36.4 Å². The number of amides is 1. The van der Waals surface area contributed by atoms with Crippen molar-refractivity contribution >= 4 is 6.09 Å². The molecule has 0 unspecified atom stereocenters. The van der Waals surface area contributed by atoms with E-state index >= 15 is 0 Å². The van der Waals surface area contributed by atoms with Gasteiger partial charge < -0.3 is 4.74 Å². The molecule has 0 heterocycles. The van der Waals surface area contributed by atoms with Gasteiger partial charge in [-0.3, -0.25) is 5.21 Å². The molecule has 4 heteroatoms. The molecule has 0 aromatic heterocycles. The maximum atomic E-state index is 11.9. The Morgan fingerprint density at radius 3 is 2.16 bits per heavy atom. The standard InChI is InChI=1S/C21H27NO3/c1-21(2,3)25-20(23)22(24)15-14-19(18-12-8-5-9-13-18)16-17-10-6-4-7-11-17/h4-13,19,24H,14-16H2,1-3H3/t19-/m0/s1. The minimum atomic E-state index is -0.709. The van der Waals surface area contributed by atoms with Crippen LogP contribution in [0.15, 0.2) is 60.7 Å². The molecule has 0 fully saturated rings. The highest BCUT2D eigenvalue weighted by Crippen LogP contribution is 2.25. The Labute approximate surface area is 150 Å². The smallest absolute Gasteiger partial charge is 0.434 e. The molecule has 0 aliphatic heterocycles. The summed E-state index contributed by atoms with van der Waals surface area (Å²) in [6, 6.07) is 20.4. The number of carbonyl (C=O) groups is 1. The van der Waals surface area contributed by atoms with E-state index in [9.17, 15) is 10.0 Å². The van der Waals surface area contributed by atoms with Crippen LogP contribution in [0, 0.1) is 0 Å². The number of hydrogen-bond donors (Lipinski definition) is 1. The lowest BCUT2D eigenvalue weighted by molar-refractivity contribution is -0.0949. The molecule has 0 saturated carbocycles. The third-order valence-electron chi connectivity index (χ3n) is 3.89. The SMILES string of the molecule is CC(C)(C)OC(=O)N(O)CC[C@@H](Cc1ccccc1)c1ccccc1. The molecule has 0 spiro atoms. The van der Waals surface area contributed by atoms with Gasteiger partial charge in [0.2, 0.25) is 0 Å². The monoisotopic (exact) mass is 341 g/mol. The van der Waals surface area contributed by atoms with Crippen molar-refractivity contribution in [2.75, 3.05) is 6.54 Å². The Bertz CT molecular complexity index is 650. The summed E-state index contributed by atoms with van der Waals surface area (Å²) in [5, 5.41) is 10.7. The van der Waals surface area contributed by atoms with Gasteiger partial charge in [-0.15, -0.1) is 0 Å². The van der Waals surface area contributed by atoms with Gasteiger partial charge >= 0.3 is 6.09 Å². The van der Waals surface area contributed by atoms with Crippen molar-refractivity contribution in [2.45, 2.75) is 45.1 Å². The molecule has 0 aliphatic carbocycles. The molecular weight excluding hydrogens is 314 g/mol. The number of nitrogens with zero attached hydrogens (tertiary/aromatic N) is 1. The van der Waals surface area contributed by atoms with Gasteiger partial charge in [0, 0.05) is 0 Å². The van der Waals surface area contributed by atoms with Crippen molar-refractivity contribution < 1.29 is 14.7 Å². The second-order valence-electron chi connectivity index (χ2n) is 7.19. The van der Waals surface area contributed by atoms with E-state index in [2.05, 4.69) is 24.3 Å². The summed E-state index contributed by atoms with van der Waals surface area (Å²) in [6.45, 7) is 5.56. The largest absolute Gasteiger partial charge is 0.442 e. The van der Waals surface area contributed by atoms with Gasteiger partial charge in [0.1, 0.15) is 5.60 Å². The zero-order chi connectivity index (χ0) is 18.3. The van der Waals surface area contributed by atoms with Crippen LogP contribution >= 0.6 is 0 Å². The lowest BCUT2D eigenvalue weighted by Gasteiger charge is -2.25. The fourth-order valence-electron chi connectivity index (χ4n) is 2.69. The topological polar surface area (TPSA) is 49.8 Å².